The number of nitro benzene ring substituents is 1. The predicted molar refractivity (Wildman–Crippen MR) is 119 cm³/mol. The molecule has 0 amide bonds. The van der Waals surface area contributed by atoms with Crippen molar-refractivity contribution >= 4 is 17.2 Å². The van der Waals surface area contributed by atoms with Gasteiger partial charge in [0, 0.05) is 29.6 Å². The van der Waals surface area contributed by atoms with Gasteiger partial charge in [-0.1, -0.05) is 35.9 Å². The number of nitrogens with zero attached hydrogens (tertiary/aromatic N) is 4. The van der Waals surface area contributed by atoms with Crippen molar-refractivity contribution in [3.63, 3.8) is 0 Å². The van der Waals surface area contributed by atoms with Gasteiger partial charge in [-0.05, 0) is 42.8 Å². The largest absolute Gasteiger partial charge is 0.339 e. The minimum Gasteiger partial charge on any atom is -0.339 e. The second-order valence-electron chi connectivity index (χ2n) is 6.90. The topological polar surface area (TPSA) is 105 Å². The Balaban J connectivity index is 1.92. The molecule has 0 aliphatic carbocycles. The summed E-state index contributed by atoms with van der Waals surface area (Å²) in [6, 6.07) is 23.3. The van der Waals surface area contributed by atoms with Gasteiger partial charge in [-0.2, -0.15) is 5.26 Å². The van der Waals surface area contributed by atoms with Gasteiger partial charge in [0.1, 0.15) is 17.5 Å². The molecule has 7 heteroatoms. The van der Waals surface area contributed by atoms with Crippen molar-refractivity contribution in [3.8, 4) is 28.6 Å². The Morgan fingerprint density at radius 2 is 1.81 bits per heavy atom. The lowest BCUT2D eigenvalue weighted by molar-refractivity contribution is -0.384. The van der Waals surface area contributed by atoms with Gasteiger partial charge < -0.3 is 5.32 Å². The number of aromatic nitrogens is 2. The highest BCUT2D eigenvalue weighted by Crippen LogP contribution is 2.34. The third kappa shape index (κ3) is 4.23. The minimum absolute atomic E-state index is 0.0503. The number of rotatable bonds is 5. The molecule has 0 unspecified atom stereocenters. The fourth-order valence-corrected chi connectivity index (χ4v) is 3.18. The Labute approximate surface area is 178 Å². The Morgan fingerprint density at radius 3 is 2.48 bits per heavy atom. The molecule has 0 atom stereocenters. The number of non-ortho nitro benzene ring substituents is 1. The summed E-state index contributed by atoms with van der Waals surface area (Å²) in [5.41, 5.74) is 4.40. The SMILES string of the molecule is Cc1ccc(Nc2nc(-c3ccccn3)cc(-c3cccc([N+](=O)[O-])c3)c2C#N)cc1. The lowest BCUT2D eigenvalue weighted by Crippen LogP contribution is -2.02. The fourth-order valence-electron chi connectivity index (χ4n) is 3.18. The number of nitriles is 1. The van der Waals surface area contributed by atoms with E-state index in [1.165, 1.54) is 12.1 Å². The highest BCUT2D eigenvalue weighted by molar-refractivity contribution is 5.82. The lowest BCUT2D eigenvalue weighted by atomic mass is 9.99. The van der Waals surface area contributed by atoms with Gasteiger partial charge in [-0.3, -0.25) is 15.1 Å². The quantitative estimate of drug-likeness (QED) is 0.339. The van der Waals surface area contributed by atoms with Crippen LogP contribution in [-0.2, 0) is 0 Å². The molecule has 4 aromatic rings. The summed E-state index contributed by atoms with van der Waals surface area (Å²) in [6.07, 6.45) is 1.66. The van der Waals surface area contributed by atoms with Gasteiger partial charge >= 0.3 is 0 Å². The molecule has 0 bridgehead atoms. The van der Waals surface area contributed by atoms with Crippen LogP contribution in [0.5, 0.6) is 0 Å². The van der Waals surface area contributed by atoms with E-state index >= 15 is 0 Å². The molecule has 4 rings (SSSR count). The van der Waals surface area contributed by atoms with Crippen molar-refractivity contribution < 1.29 is 4.92 Å². The first-order valence-electron chi connectivity index (χ1n) is 9.50. The van der Waals surface area contributed by atoms with Crippen molar-refractivity contribution in [3.05, 3.63) is 100 Å². The van der Waals surface area contributed by atoms with E-state index < -0.39 is 4.92 Å². The summed E-state index contributed by atoms with van der Waals surface area (Å²) in [4.78, 5) is 19.8. The summed E-state index contributed by atoms with van der Waals surface area (Å²) in [5, 5.41) is 24.4. The second kappa shape index (κ2) is 8.43. The normalized spacial score (nSPS) is 10.3. The molecule has 0 aliphatic rings. The maximum Gasteiger partial charge on any atom is 0.270 e. The van der Waals surface area contributed by atoms with Crippen LogP contribution in [0.25, 0.3) is 22.5 Å². The molecule has 2 heterocycles. The second-order valence-corrected chi connectivity index (χ2v) is 6.90. The van der Waals surface area contributed by atoms with E-state index in [0.717, 1.165) is 11.3 Å². The van der Waals surface area contributed by atoms with E-state index in [2.05, 4.69) is 21.4 Å². The fraction of sp³-hybridized carbons (Fsp3) is 0.0417. The van der Waals surface area contributed by atoms with Gasteiger partial charge in [0.15, 0.2) is 0 Å². The van der Waals surface area contributed by atoms with E-state index in [1.807, 2.05) is 43.3 Å². The van der Waals surface area contributed by atoms with Crippen LogP contribution in [-0.4, -0.2) is 14.9 Å². The van der Waals surface area contributed by atoms with Crippen LogP contribution in [0.2, 0.25) is 0 Å². The van der Waals surface area contributed by atoms with E-state index in [4.69, 9.17) is 0 Å². The monoisotopic (exact) mass is 407 g/mol. The van der Waals surface area contributed by atoms with E-state index in [1.54, 1.807) is 30.5 Å². The maximum absolute atomic E-state index is 11.3. The summed E-state index contributed by atoms with van der Waals surface area (Å²) >= 11 is 0. The molecule has 0 fully saturated rings. The molecule has 0 radical (unpaired) electrons. The Bertz CT molecular complexity index is 1300. The first-order chi connectivity index (χ1) is 15.0. The molecule has 0 saturated carbocycles. The van der Waals surface area contributed by atoms with Gasteiger partial charge in [-0.15, -0.1) is 0 Å². The number of hydrogen-bond donors (Lipinski definition) is 1. The molecule has 7 nitrogen and oxygen atoms in total. The van der Waals surface area contributed by atoms with Gasteiger partial charge in [0.2, 0.25) is 0 Å². The van der Waals surface area contributed by atoms with Crippen LogP contribution in [0.3, 0.4) is 0 Å². The van der Waals surface area contributed by atoms with Crippen molar-refractivity contribution in [2.24, 2.45) is 0 Å². The van der Waals surface area contributed by atoms with Crippen LogP contribution >= 0.6 is 0 Å². The van der Waals surface area contributed by atoms with Crippen molar-refractivity contribution in [1.82, 2.24) is 9.97 Å². The highest BCUT2D eigenvalue weighted by atomic mass is 16.6. The molecule has 31 heavy (non-hydrogen) atoms. The number of hydrogen-bond acceptors (Lipinski definition) is 6. The Hall–Kier alpha value is -4.57. The molecule has 0 aliphatic heterocycles. The summed E-state index contributed by atoms with van der Waals surface area (Å²) in [7, 11) is 0. The molecule has 150 valence electrons. The molecular weight excluding hydrogens is 390 g/mol. The molecule has 2 aromatic heterocycles. The lowest BCUT2D eigenvalue weighted by Gasteiger charge is -2.14. The molecule has 2 aromatic carbocycles. The third-order valence-corrected chi connectivity index (χ3v) is 4.74. The first kappa shape index (κ1) is 19.7. The van der Waals surface area contributed by atoms with Crippen LogP contribution in [0.4, 0.5) is 17.2 Å². The summed E-state index contributed by atoms with van der Waals surface area (Å²) in [6.45, 7) is 1.99. The zero-order valence-corrected chi connectivity index (χ0v) is 16.6. The average molecular weight is 407 g/mol. The van der Waals surface area contributed by atoms with E-state index in [9.17, 15) is 15.4 Å². The molecular formula is C24H17N5O2. The Morgan fingerprint density at radius 1 is 1.00 bits per heavy atom. The minimum atomic E-state index is -0.456. The Kier molecular flexibility index (Phi) is 5.37. The van der Waals surface area contributed by atoms with Crippen LogP contribution in [0, 0.1) is 28.4 Å². The zero-order valence-electron chi connectivity index (χ0n) is 16.6. The standard InChI is InChI=1S/C24H17N5O2/c1-16-8-10-18(11-9-16)27-24-21(15-25)20(17-5-4-6-19(13-17)29(30)31)14-23(28-24)22-7-2-3-12-26-22/h2-14H,1H3,(H,27,28). The highest BCUT2D eigenvalue weighted by Gasteiger charge is 2.18. The predicted octanol–water partition coefficient (Wildman–Crippen LogP) is 5.64. The summed E-state index contributed by atoms with van der Waals surface area (Å²) < 4.78 is 0. The average Bonchev–Trinajstić information content (AvgIpc) is 2.80. The van der Waals surface area contributed by atoms with Crippen molar-refractivity contribution in [1.29, 1.82) is 5.26 Å². The first-order valence-corrected chi connectivity index (χ1v) is 9.50. The van der Waals surface area contributed by atoms with Gasteiger partial charge in [0.05, 0.1) is 16.3 Å². The van der Waals surface area contributed by atoms with Crippen LogP contribution in [0.15, 0.2) is 79.0 Å². The third-order valence-electron chi connectivity index (χ3n) is 4.74. The molecule has 0 spiro atoms. The maximum atomic E-state index is 11.3. The van der Waals surface area contributed by atoms with Gasteiger partial charge in [0.25, 0.3) is 5.69 Å². The smallest absolute Gasteiger partial charge is 0.270 e. The van der Waals surface area contributed by atoms with E-state index in [0.29, 0.717) is 33.9 Å². The molecule has 1 N–H and O–H groups in total. The summed E-state index contributed by atoms with van der Waals surface area (Å²) in [5.74, 6) is 0.357. The van der Waals surface area contributed by atoms with E-state index in [-0.39, 0.29) is 5.69 Å². The van der Waals surface area contributed by atoms with Crippen LogP contribution in [0.1, 0.15) is 11.1 Å². The van der Waals surface area contributed by atoms with Crippen molar-refractivity contribution in [2.45, 2.75) is 6.92 Å². The van der Waals surface area contributed by atoms with Gasteiger partial charge in [-0.25, -0.2) is 4.98 Å². The number of nitrogens with one attached hydrogen (secondary N) is 1. The molecule has 0 saturated heterocycles. The number of anilines is 2. The number of pyridine rings is 2. The number of aryl methyl sites for hydroxylation is 1. The number of benzene rings is 2. The number of nitro groups is 1. The van der Waals surface area contributed by atoms with Crippen molar-refractivity contribution in [2.75, 3.05) is 5.32 Å². The zero-order chi connectivity index (χ0) is 21.8. The van der Waals surface area contributed by atoms with Crippen LogP contribution < -0.4 is 5.32 Å².